The first-order valence-electron chi connectivity index (χ1n) is 9.79. The Morgan fingerprint density at radius 2 is 2.07 bits per heavy atom. The van der Waals surface area contributed by atoms with Gasteiger partial charge >= 0.3 is 0 Å². The summed E-state index contributed by atoms with van der Waals surface area (Å²) in [6.07, 6.45) is 7.87. The van der Waals surface area contributed by atoms with Crippen LogP contribution >= 0.6 is 0 Å². The number of methoxy groups -OCH3 is 1. The fraction of sp³-hybridized carbons (Fsp3) is 0.684. The number of aromatic nitrogens is 3. The lowest BCUT2D eigenvalue weighted by molar-refractivity contribution is 0.121. The maximum atomic E-state index is 12.7. The van der Waals surface area contributed by atoms with Crippen molar-refractivity contribution in [2.45, 2.75) is 31.7 Å². The molecule has 0 aromatic carbocycles. The molecule has 2 aliphatic rings. The number of hydrogen-bond acceptors (Lipinski definition) is 6. The third-order valence-electron chi connectivity index (χ3n) is 6.07. The first kappa shape index (κ1) is 19.0. The monoisotopic (exact) mass is 391 g/mol. The number of piperidine rings is 1. The number of anilines is 1. The Bertz CT molecular complexity index is 743. The molecule has 3 heterocycles. The maximum absolute atomic E-state index is 12.7. The standard InChI is InChI=1S/C19H29N5O2S/c1-23(19-17-3-6-20-18(17)21-13-22-19)16-9-15(10-16)12-27(25)24-7-4-14(5-8-24)11-26-2/h3,6,13-16H,4-5,7-12H2,1-2H3,(H,20,21,22)/t15-,16+,27?. The Morgan fingerprint density at radius 3 is 2.81 bits per heavy atom. The van der Waals surface area contributed by atoms with Crippen molar-refractivity contribution in [3.8, 4) is 0 Å². The number of ether oxygens (including phenoxy) is 1. The predicted octanol–water partition coefficient (Wildman–Crippen LogP) is 2.19. The molecule has 2 aromatic heterocycles. The van der Waals surface area contributed by atoms with Crippen molar-refractivity contribution in [2.24, 2.45) is 11.8 Å². The molecule has 1 saturated heterocycles. The number of aromatic amines is 1. The van der Waals surface area contributed by atoms with Crippen LogP contribution in [0, 0.1) is 11.8 Å². The van der Waals surface area contributed by atoms with Gasteiger partial charge in [-0.15, -0.1) is 4.31 Å². The lowest BCUT2D eigenvalue weighted by Gasteiger charge is -2.42. The molecule has 0 amide bonds. The molecule has 0 radical (unpaired) electrons. The molecule has 0 spiro atoms. The fourth-order valence-corrected chi connectivity index (χ4v) is 5.79. The van der Waals surface area contributed by atoms with Gasteiger partial charge in [-0.25, -0.2) is 9.97 Å². The molecule has 1 aliphatic heterocycles. The molecule has 1 aliphatic carbocycles. The lowest BCUT2D eigenvalue weighted by atomic mass is 9.81. The Morgan fingerprint density at radius 1 is 1.30 bits per heavy atom. The number of hydrogen-bond donors (Lipinski definition) is 1. The van der Waals surface area contributed by atoms with E-state index in [1.807, 2.05) is 12.3 Å². The van der Waals surface area contributed by atoms with Crippen molar-refractivity contribution in [3.05, 3.63) is 18.6 Å². The summed E-state index contributed by atoms with van der Waals surface area (Å²) in [4.78, 5) is 14.1. The summed E-state index contributed by atoms with van der Waals surface area (Å²) in [5, 5.41) is 1.06. The zero-order valence-electron chi connectivity index (χ0n) is 16.1. The van der Waals surface area contributed by atoms with Gasteiger partial charge in [0.05, 0.1) is 5.39 Å². The molecule has 148 valence electrons. The quantitative estimate of drug-likeness (QED) is 0.729. The molecule has 2 fully saturated rings. The third kappa shape index (κ3) is 4.08. The first-order chi connectivity index (χ1) is 13.2. The first-order valence-corrected chi connectivity index (χ1v) is 11.1. The van der Waals surface area contributed by atoms with Crippen LogP contribution in [0.15, 0.2) is 18.6 Å². The van der Waals surface area contributed by atoms with Crippen molar-refractivity contribution in [3.63, 3.8) is 0 Å². The molecule has 7 nitrogen and oxygen atoms in total. The third-order valence-corrected chi connectivity index (χ3v) is 7.77. The average Bonchev–Trinajstić information content (AvgIpc) is 3.13. The Hall–Kier alpha value is -1.35. The van der Waals surface area contributed by atoms with Crippen LogP contribution in [0.25, 0.3) is 11.0 Å². The number of rotatable bonds is 7. The Labute approximate surface area is 163 Å². The summed E-state index contributed by atoms with van der Waals surface area (Å²) < 4.78 is 20.1. The largest absolute Gasteiger partial charge is 0.598 e. The number of fused-ring (bicyclic) bond motifs is 1. The normalized spacial score (nSPS) is 25.4. The van der Waals surface area contributed by atoms with Gasteiger partial charge in [-0.1, -0.05) is 0 Å². The van der Waals surface area contributed by atoms with E-state index in [1.165, 1.54) is 0 Å². The topological polar surface area (TPSA) is 80.3 Å². The van der Waals surface area contributed by atoms with Crippen molar-refractivity contribution < 1.29 is 9.29 Å². The van der Waals surface area contributed by atoms with E-state index >= 15 is 0 Å². The molecule has 2 aromatic rings. The highest BCUT2D eigenvalue weighted by Gasteiger charge is 2.38. The molecule has 1 N–H and O–H groups in total. The Kier molecular flexibility index (Phi) is 5.87. The highest BCUT2D eigenvalue weighted by molar-refractivity contribution is 7.89. The van der Waals surface area contributed by atoms with Gasteiger partial charge in [-0.05, 0) is 37.7 Å². The molecule has 1 saturated carbocycles. The van der Waals surface area contributed by atoms with E-state index < -0.39 is 11.4 Å². The van der Waals surface area contributed by atoms with Crippen LogP contribution < -0.4 is 4.90 Å². The molecular weight excluding hydrogens is 362 g/mol. The van der Waals surface area contributed by atoms with E-state index in [-0.39, 0.29) is 0 Å². The second-order valence-corrected chi connectivity index (χ2v) is 9.35. The minimum Gasteiger partial charge on any atom is -0.598 e. The van der Waals surface area contributed by atoms with Gasteiger partial charge in [-0.2, -0.15) is 0 Å². The summed E-state index contributed by atoms with van der Waals surface area (Å²) >= 11 is -0.849. The minimum atomic E-state index is -0.849. The zero-order valence-corrected chi connectivity index (χ0v) is 17.0. The molecule has 1 atom stereocenters. The minimum absolute atomic E-state index is 0.465. The van der Waals surface area contributed by atoms with Crippen molar-refractivity contribution in [1.29, 1.82) is 0 Å². The summed E-state index contributed by atoms with van der Waals surface area (Å²) in [6.45, 7) is 2.70. The van der Waals surface area contributed by atoms with Crippen molar-refractivity contribution in [2.75, 3.05) is 44.5 Å². The van der Waals surface area contributed by atoms with Gasteiger partial charge in [0.25, 0.3) is 0 Å². The van der Waals surface area contributed by atoms with E-state index in [0.29, 0.717) is 17.9 Å². The van der Waals surface area contributed by atoms with Crippen LogP contribution in [-0.2, 0) is 16.1 Å². The molecular formula is C19H29N5O2S. The molecule has 1 unspecified atom stereocenters. The zero-order chi connectivity index (χ0) is 18.8. The number of H-pyrrole nitrogens is 1. The van der Waals surface area contributed by atoms with Crippen molar-refractivity contribution >= 4 is 28.2 Å². The number of nitrogens with one attached hydrogen (secondary N) is 1. The van der Waals surface area contributed by atoms with E-state index in [4.69, 9.17) is 4.74 Å². The summed E-state index contributed by atoms with van der Waals surface area (Å²) in [5.41, 5.74) is 0.876. The summed E-state index contributed by atoms with van der Waals surface area (Å²) in [5.74, 6) is 2.94. The molecule has 4 rings (SSSR count). The highest BCUT2D eigenvalue weighted by Crippen LogP contribution is 2.36. The maximum Gasteiger partial charge on any atom is 0.142 e. The van der Waals surface area contributed by atoms with Gasteiger partial charge in [-0.3, -0.25) is 0 Å². The van der Waals surface area contributed by atoms with Gasteiger partial charge < -0.3 is 19.2 Å². The van der Waals surface area contributed by atoms with Gasteiger partial charge in [0.15, 0.2) is 0 Å². The Balaban J connectivity index is 1.25. The predicted molar refractivity (Wildman–Crippen MR) is 108 cm³/mol. The highest BCUT2D eigenvalue weighted by atomic mass is 32.2. The smallest absolute Gasteiger partial charge is 0.142 e. The van der Waals surface area contributed by atoms with Gasteiger partial charge in [0.1, 0.15) is 23.5 Å². The molecule has 8 heteroatoms. The fourth-order valence-electron chi connectivity index (χ4n) is 4.29. The average molecular weight is 392 g/mol. The van der Waals surface area contributed by atoms with Crippen LogP contribution in [0.1, 0.15) is 25.7 Å². The van der Waals surface area contributed by atoms with Crippen LogP contribution in [0.3, 0.4) is 0 Å². The lowest BCUT2D eigenvalue weighted by Crippen LogP contribution is -2.48. The van der Waals surface area contributed by atoms with E-state index in [9.17, 15) is 4.55 Å². The number of nitrogens with zero attached hydrogens (tertiary/aromatic N) is 4. The molecule has 0 bridgehead atoms. The van der Waals surface area contributed by atoms with Crippen LogP contribution in [0.5, 0.6) is 0 Å². The second kappa shape index (κ2) is 8.34. The summed E-state index contributed by atoms with van der Waals surface area (Å²) in [6, 6.07) is 2.49. The molecule has 27 heavy (non-hydrogen) atoms. The van der Waals surface area contributed by atoms with Crippen LogP contribution in [0.4, 0.5) is 5.82 Å². The van der Waals surface area contributed by atoms with E-state index in [2.05, 4.69) is 31.2 Å². The van der Waals surface area contributed by atoms with Crippen LogP contribution in [0.2, 0.25) is 0 Å². The SMILES string of the molecule is COCC1CCN([S+]([O-])C[C@H]2C[C@@H](N(C)c3ncnc4[nH]ccc34)C2)CC1. The summed E-state index contributed by atoms with van der Waals surface area (Å²) in [7, 11) is 3.87. The second-order valence-electron chi connectivity index (χ2n) is 7.86. The van der Waals surface area contributed by atoms with E-state index in [0.717, 1.165) is 68.0 Å². The van der Waals surface area contributed by atoms with Gasteiger partial charge in [0, 0.05) is 63.4 Å². The van der Waals surface area contributed by atoms with E-state index in [1.54, 1.807) is 13.4 Å². The van der Waals surface area contributed by atoms with Gasteiger partial charge in [0.2, 0.25) is 0 Å². The van der Waals surface area contributed by atoms with Crippen molar-refractivity contribution in [1.82, 2.24) is 19.3 Å². The van der Waals surface area contributed by atoms with Crippen LogP contribution in [-0.4, -0.2) is 69.5 Å².